The maximum Gasteiger partial charge on any atom is 0.289 e. The van der Waals surface area contributed by atoms with Crippen molar-refractivity contribution in [3.8, 4) is 28.7 Å². The van der Waals surface area contributed by atoms with E-state index in [2.05, 4.69) is 18.0 Å². The molecule has 24 heavy (non-hydrogen) atoms. The fourth-order valence-electron chi connectivity index (χ4n) is 3.54. The predicted molar refractivity (Wildman–Crippen MR) is 92.0 cm³/mol. The van der Waals surface area contributed by atoms with Gasteiger partial charge in [0.2, 0.25) is 0 Å². The lowest BCUT2D eigenvalue weighted by Gasteiger charge is -2.23. The van der Waals surface area contributed by atoms with E-state index in [-0.39, 0.29) is 0 Å². The first kappa shape index (κ1) is 16.1. The van der Waals surface area contributed by atoms with Crippen LogP contribution in [0.4, 0.5) is 5.82 Å². The number of aromatic amines is 1. The zero-order chi connectivity index (χ0) is 17.3. The standard InChI is InChI=1S/C19H21N3O2/c1-11-5-4-6-13-17(14(10-20)19(21)22-18(11)13)12-7-8-15(23-2)16(9-12)24-3/h7-9,11H,4-6H2,1-3H3,(H2,21,22)/p+1/t11-/m0/s1. The number of ether oxygens (including phenoxy) is 2. The topological polar surface area (TPSA) is 82.4 Å². The number of nitrogens with two attached hydrogens (primary N) is 1. The van der Waals surface area contributed by atoms with Crippen molar-refractivity contribution < 1.29 is 14.5 Å². The summed E-state index contributed by atoms with van der Waals surface area (Å²) in [7, 11) is 3.22. The van der Waals surface area contributed by atoms with Crippen molar-refractivity contribution >= 4 is 5.82 Å². The van der Waals surface area contributed by atoms with Crippen molar-refractivity contribution in [3.63, 3.8) is 0 Å². The highest BCUT2D eigenvalue weighted by molar-refractivity contribution is 5.79. The summed E-state index contributed by atoms with van der Waals surface area (Å²) < 4.78 is 10.7. The highest BCUT2D eigenvalue weighted by atomic mass is 16.5. The molecule has 0 bridgehead atoms. The second-order valence-corrected chi connectivity index (χ2v) is 6.16. The van der Waals surface area contributed by atoms with E-state index in [0.717, 1.165) is 36.1 Å². The van der Waals surface area contributed by atoms with Crippen molar-refractivity contribution in [2.24, 2.45) is 0 Å². The minimum Gasteiger partial charge on any atom is -0.493 e. The van der Waals surface area contributed by atoms with Crippen LogP contribution < -0.4 is 20.2 Å². The fraction of sp³-hybridized carbons (Fsp3) is 0.368. The smallest absolute Gasteiger partial charge is 0.289 e. The van der Waals surface area contributed by atoms with E-state index in [4.69, 9.17) is 15.2 Å². The van der Waals surface area contributed by atoms with Crippen LogP contribution in [0, 0.1) is 11.3 Å². The number of nitriles is 1. The van der Waals surface area contributed by atoms with Crippen molar-refractivity contribution in [3.05, 3.63) is 35.0 Å². The van der Waals surface area contributed by atoms with E-state index in [1.54, 1.807) is 14.2 Å². The van der Waals surface area contributed by atoms with E-state index in [1.807, 2.05) is 18.2 Å². The molecule has 3 N–H and O–H groups in total. The normalized spacial score (nSPS) is 16.2. The first-order chi connectivity index (χ1) is 11.6. The van der Waals surface area contributed by atoms with Crippen LogP contribution >= 0.6 is 0 Å². The second-order valence-electron chi connectivity index (χ2n) is 6.16. The number of aromatic nitrogens is 1. The number of nitrogens with one attached hydrogen (secondary N) is 1. The number of pyridine rings is 1. The number of rotatable bonds is 3. The number of hydrogen-bond acceptors (Lipinski definition) is 4. The molecule has 0 amide bonds. The lowest BCUT2D eigenvalue weighted by molar-refractivity contribution is -0.377. The van der Waals surface area contributed by atoms with Gasteiger partial charge in [0.05, 0.1) is 14.2 Å². The Morgan fingerprint density at radius 2 is 2.00 bits per heavy atom. The minimum absolute atomic E-state index is 0.405. The highest BCUT2D eigenvalue weighted by Gasteiger charge is 2.28. The van der Waals surface area contributed by atoms with Crippen LogP contribution in [0.2, 0.25) is 0 Å². The lowest BCUT2D eigenvalue weighted by Crippen LogP contribution is -2.26. The Labute approximate surface area is 142 Å². The van der Waals surface area contributed by atoms with Gasteiger partial charge in [-0.3, -0.25) is 5.73 Å². The summed E-state index contributed by atoms with van der Waals surface area (Å²) in [6, 6.07) is 7.99. The molecule has 0 saturated heterocycles. The van der Waals surface area contributed by atoms with E-state index in [9.17, 15) is 5.26 Å². The van der Waals surface area contributed by atoms with Crippen molar-refractivity contribution in [1.82, 2.24) is 0 Å². The largest absolute Gasteiger partial charge is 0.493 e. The number of anilines is 1. The Balaban J connectivity index is 2.29. The fourth-order valence-corrected chi connectivity index (χ4v) is 3.54. The summed E-state index contributed by atoms with van der Waals surface area (Å²) in [6.45, 7) is 2.19. The lowest BCUT2D eigenvalue weighted by atomic mass is 9.82. The molecule has 0 aliphatic heterocycles. The van der Waals surface area contributed by atoms with Crippen LogP contribution in [0.5, 0.6) is 11.5 Å². The third-order valence-corrected chi connectivity index (χ3v) is 4.76. The van der Waals surface area contributed by atoms with E-state index < -0.39 is 0 Å². The molecule has 2 aromatic rings. The zero-order valence-corrected chi connectivity index (χ0v) is 14.3. The first-order valence-corrected chi connectivity index (χ1v) is 8.10. The zero-order valence-electron chi connectivity index (χ0n) is 14.3. The van der Waals surface area contributed by atoms with Crippen LogP contribution in [0.15, 0.2) is 18.2 Å². The summed E-state index contributed by atoms with van der Waals surface area (Å²) in [5.74, 6) is 2.14. The van der Waals surface area contributed by atoms with Crippen LogP contribution in [0.3, 0.4) is 0 Å². The minimum atomic E-state index is 0.405. The summed E-state index contributed by atoms with van der Waals surface area (Å²) in [5, 5.41) is 9.65. The van der Waals surface area contributed by atoms with Gasteiger partial charge >= 0.3 is 0 Å². The maximum atomic E-state index is 9.65. The number of nitrogen functional groups attached to an aromatic ring is 1. The van der Waals surface area contributed by atoms with Crippen molar-refractivity contribution in [1.29, 1.82) is 5.26 Å². The second kappa shape index (κ2) is 6.40. The molecule has 124 valence electrons. The molecule has 0 spiro atoms. The van der Waals surface area contributed by atoms with Gasteiger partial charge in [-0.15, -0.1) is 0 Å². The summed E-state index contributed by atoms with van der Waals surface area (Å²) in [6.07, 6.45) is 3.17. The average Bonchev–Trinajstić information content (AvgIpc) is 2.61. The quantitative estimate of drug-likeness (QED) is 0.940. The molecule has 1 aromatic heterocycles. The molecule has 1 aliphatic rings. The van der Waals surface area contributed by atoms with Gasteiger partial charge in [0.1, 0.15) is 17.3 Å². The molecule has 0 radical (unpaired) electrons. The van der Waals surface area contributed by atoms with Gasteiger partial charge in [-0.2, -0.15) is 5.26 Å². The summed E-state index contributed by atoms with van der Waals surface area (Å²) in [4.78, 5) is 3.26. The molecule has 1 atom stereocenters. The first-order valence-electron chi connectivity index (χ1n) is 8.10. The molecule has 0 saturated carbocycles. The molecule has 1 aromatic carbocycles. The van der Waals surface area contributed by atoms with Crippen molar-refractivity contribution in [2.45, 2.75) is 32.1 Å². The van der Waals surface area contributed by atoms with Crippen LogP contribution in [0.25, 0.3) is 11.1 Å². The molecule has 0 fully saturated rings. The van der Waals surface area contributed by atoms with Gasteiger partial charge in [0.15, 0.2) is 11.5 Å². The number of benzene rings is 1. The number of hydrogen-bond donors (Lipinski definition) is 1. The number of nitrogens with zero attached hydrogens (tertiary/aromatic N) is 1. The van der Waals surface area contributed by atoms with Gasteiger partial charge in [0, 0.05) is 17.0 Å². The molecule has 3 rings (SSSR count). The third kappa shape index (κ3) is 2.54. The van der Waals surface area contributed by atoms with Crippen LogP contribution in [-0.2, 0) is 6.42 Å². The highest BCUT2D eigenvalue weighted by Crippen LogP contribution is 2.40. The van der Waals surface area contributed by atoms with Crippen LogP contribution in [-0.4, -0.2) is 14.2 Å². The Kier molecular flexibility index (Phi) is 4.30. The Morgan fingerprint density at radius 3 is 2.67 bits per heavy atom. The Hall–Kier alpha value is -2.74. The molecular formula is C19H22N3O2+. The molecular weight excluding hydrogens is 302 g/mol. The number of methoxy groups -OCH3 is 2. The predicted octanol–water partition coefficient (Wildman–Crippen LogP) is 3.08. The van der Waals surface area contributed by atoms with Gasteiger partial charge in [-0.05, 0) is 37.0 Å². The summed E-state index contributed by atoms with van der Waals surface area (Å²) >= 11 is 0. The maximum absolute atomic E-state index is 9.65. The molecule has 1 heterocycles. The van der Waals surface area contributed by atoms with E-state index in [0.29, 0.717) is 28.8 Å². The van der Waals surface area contributed by atoms with Gasteiger partial charge in [-0.1, -0.05) is 13.0 Å². The van der Waals surface area contributed by atoms with Gasteiger partial charge in [0.25, 0.3) is 5.82 Å². The summed E-state index contributed by atoms with van der Waals surface area (Å²) in [5.41, 5.74) is 10.8. The van der Waals surface area contributed by atoms with Gasteiger partial charge in [-0.25, -0.2) is 4.98 Å². The third-order valence-electron chi connectivity index (χ3n) is 4.76. The molecule has 0 unspecified atom stereocenters. The van der Waals surface area contributed by atoms with E-state index in [1.165, 1.54) is 5.56 Å². The van der Waals surface area contributed by atoms with Crippen LogP contribution in [0.1, 0.15) is 42.5 Å². The van der Waals surface area contributed by atoms with Gasteiger partial charge < -0.3 is 9.47 Å². The number of fused-ring (bicyclic) bond motifs is 1. The number of H-pyrrole nitrogens is 1. The molecule has 5 heteroatoms. The monoisotopic (exact) mass is 324 g/mol. The average molecular weight is 324 g/mol. The van der Waals surface area contributed by atoms with Crippen molar-refractivity contribution in [2.75, 3.05) is 20.0 Å². The Bertz CT molecular complexity index is 824. The molecule has 5 nitrogen and oxygen atoms in total. The van der Waals surface area contributed by atoms with E-state index >= 15 is 0 Å². The SMILES string of the molecule is COc1ccc(-c2c(C#N)c(N)[nH+]c3c2CCC[C@@H]3C)cc1OC. The molecule has 1 aliphatic carbocycles. The Morgan fingerprint density at radius 1 is 1.25 bits per heavy atom.